The highest BCUT2D eigenvalue weighted by molar-refractivity contribution is 7.92. The maximum absolute atomic E-state index is 12.6. The first kappa shape index (κ1) is 25.0. The van der Waals surface area contributed by atoms with Crippen LogP contribution in [0.1, 0.15) is 18.7 Å². The molecule has 0 fully saturated rings. The quantitative estimate of drug-likeness (QED) is 0.405. The lowest BCUT2D eigenvalue weighted by Gasteiger charge is -2.23. The van der Waals surface area contributed by atoms with E-state index in [9.17, 15) is 13.2 Å². The molecule has 11 heteroatoms. The summed E-state index contributed by atoms with van der Waals surface area (Å²) in [6.45, 7) is 0.307. The third-order valence-corrected chi connectivity index (χ3v) is 6.30. The summed E-state index contributed by atoms with van der Waals surface area (Å²) < 4.78 is 41.4. The van der Waals surface area contributed by atoms with Crippen molar-refractivity contribution in [1.82, 2.24) is 15.0 Å². The summed E-state index contributed by atoms with van der Waals surface area (Å²) in [6, 6.07) is 14.0. The minimum Gasteiger partial charge on any atom is -0.497 e. The van der Waals surface area contributed by atoms with Gasteiger partial charge in [-0.2, -0.15) is 4.98 Å². The SMILES string of the molecule is COc1ccc(-c2noc(CN(C)C(=O)CCCN(c3cccc(OC)c3)S(C)(=O)=O)n2)cc1. The van der Waals surface area contributed by atoms with E-state index in [4.69, 9.17) is 14.0 Å². The zero-order valence-electron chi connectivity index (χ0n) is 19.6. The van der Waals surface area contributed by atoms with Crippen LogP contribution in [0, 0.1) is 0 Å². The van der Waals surface area contributed by atoms with Crippen LogP contribution in [0.3, 0.4) is 0 Å². The molecule has 34 heavy (non-hydrogen) atoms. The Morgan fingerprint density at radius 2 is 1.76 bits per heavy atom. The minimum absolute atomic E-state index is 0.146. The van der Waals surface area contributed by atoms with Gasteiger partial charge in [-0.3, -0.25) is 9.10 Å². The molecule has 0 unspecified atom stereocenters. The summed E-state index contributed by atoms with van der Waals surface area (Å²) in [5.41, 5.74) is 1.25. The van der Waals surface area contributed by atoms with E-state index in [0.717, 1.165) is 17.6 Å². The Kier molecular flexibility index (Phi) is 8.11. The van der Waals surface area contributed by atoms with Crippen molar-refractivity contribution in [2.24, 2.45) is 0 Å². The van der Waals surface area contributed by atoms with Gasteiger partial charge in [0.1, 0.15) is 11.5 Å². The number of anilines is 1. The largest absolute Gasteiger partial charge is 0.497 e. The molecule has 1 heterocycles. The molecule has 0 aliphatic heterocycles. The zero-order chi connectivity index (χ0) is 24.7. The van der Waals surface area contributed by atoms with E-state index in [1.807, 2.05) is 12.1 Å². The maximum atomic E-state index is 12.6. The van der Waals surface area contributed by atoms with E-state index in [-0.39, 0.29) is 25.4 Å². The number of hydrogen-bond donors (Lipinski definition) is 0. The molecule has 10 nitrogen and oxygen atoms in total. The van der Waals surface area contributed by atoms with Gasteiger partial charge in [0.05, 0.1) is 32.7 Å². The molecule has 0 N–H and O–H groups in total. The van der Waals surface area contributed by atoms with Gasteiger partial charge < -0.3 is 18.9 Å². The standard InChI is InChI=1S/C23H28N4O6S/c1-26(16-21-24-23(25-33-21)17-10-12-19(31-2)13-11-17)22(28)9-6-14-27(34(4,29)30)18-7-5-8-20(15-18)32-3/h5,7-8,10-13,15H,6,9,14,16H2,1-4H3. The predicted molar refractivity (Wildman–Crippen MR) is 127 cm³/mol. The molecule has 1 amide bonds. The van der Waals surface area contributed by atoms with Crippen molar-refractivity contribution in [2.45, 2.75) is 19.4 Å². The van der Waals surface area contributed by atoms with Crippen LogP contribution in [-0.2, 0) is 21.4 Å². The number of aromatic nitrogens is 2. The Morgan fingerprint density at radius 1 is 1.06 bits per heavy atom. The third kappa shape index (κ3) is 6.47. The summed E-state index contributed by atoms with van der Waals surface area (Å²) >= 11 is 0. The first-order valence-electron chi connectivity index (χ1n) is 10.5. The summed E-state index contributed by atoms with van der Waals surface area (Å²) in [5.74, 6) is 1.83. The number of amides is 1. The lowest BCUT2D eigenvalue weighted by molar-refractivity contribution is -0.130. The van der Waals surface area contributed by atoms with Crippen LogP contribution in [0.15, 0.2) is 53.1 Å². The number of ether oxygens (including phenoxy) is 2. The number of rotatable bonds is 11. The van der Waals surface area contributed by atoms with Crippen molar-refractivity contribution in [3.05, 3.63) is 54.4 Å². The van der Waals surface area contributed by atoms with Crippen molar-refractivity contribution in [3.8, 4) is 22.9 Å². The highest BCUT2D eigenvalue weighted by Gasteiger charge is 2.20. The van der Waals surface area contributed by atoms with E-state index in [2.05, 4.69) is 10.1 Å². The van der Waals surface area contributed by atoms with Gasteiger partial charge in [0.2, 0.25) is 27.6 Å². The van der Waals surface area contributed by atoms with Gasteiger partial charge in [0.25, 0.3) is 0 Å². The smallest absolute Gasteiger partial charge is 0.246 e. The molecule has 0 atom stereocenters. The zero-order valence-corrected chi connectivity index (χ0v) is 20.4. The first-order valence-corrected chi connectivity index (χ1v) is 12.4. The second-order valence-corrected chi connectivity index (χ2v) is 9.54. The van der Waals surface area contributed by atoms with Gasteiger partial charge in [0.15, 0.2) is 0 Å². The lowest BCUT2D eigenvalue weighted by atomic mass is 10.2. The fourth-order valence-electron chi connectivity index (χ4n) is 3.28. The van der Waals surface area contributed by atoms with Gasteiger partial charge in [0, 0.05) is 31.6 Å². The number of nitrogens with zero attached hydrogens (tertiary/aromatic N) is 4. The van der Waals surface area contributed by atoms with E-state index < -0.39 is 10.0 Å². The number of carbonyl (C=O) groups excluding carboxylic acids is 1. The molecule has 0 spiro atoms. The van der Waals surface area contributed by atoms with Gasteiger partial charge >= 0.3 is 0 Å². The average Bonchev–Trinajstić information content (AvgIpc) is 3.29. The maximum Gasteiger partial charge on any atom is 0.246 e. The average molecular weight is 489 g/mol. The second-order valence-electron chi connectivity index (χ2n) is 7.63. The monoisotopic (exact) mass is 488 g/mol. The summed E-state index contributed by atoms with van der Waals surface area (Å²) in [5, 5.41) is 3.97. The Bertz CT molecular complexity index is 1210. The van der Waals surface area contributed by atoms with Gasteiger partial charge in [-0.1, -0.05) is 11.2 Å². The van der Waals surface area contributed by atoms with Crippen LogP contribution in [0.25, 0.3) is 11.4 Å². The normalized spacial score (nSPS) is 11.2. The van der Waals surface area contributed by atoms with Crippen LogP contribution in [-0.4, -0.2) is 63.4 Å². The minimum atomic E-state index is -3.53. The number of benzene rings is 2. The van der Waals surface area contributed by atoms with Gasteiger partial charge in [-0.25, -0.2) is 8.42 Å². The molecule has 1 aromatic heterocycles. The Balaban J connectivity index is 1.56. The van der Waals surface area contributed by atoms with Crippen LogP contribution >= 0.6 is 0 Å². The molecular formula is C23H28N4O6S. The van der Waals surface area contributed by atoms with Crippen molar-refractivity contribution in [2.75, 3.05) is 38.4 Å². The lowest BCUT2D eigenvalue weighted by Crippen LogP contribution is -2.32. The molecule has 3 rings (SSSR count). The van der Waals surface area contributed by atoms with Gasteiger partial charge in [-0.05, 0) is 42.8 Å². The molecule has 0 radical (unpaired) electrons. The van der Waals surface area contributed by atoms with Crippen LogP contribution in [0.2, 0.25) is 0 Å². The predicted octanol–water partition coefficient (Wildman–Crippen LogP) is 2.96. The van der Waals surface area contributed by atoms with Crippen LogP contribution in [0.4, 0.5) is 5.69 Å². The van der Waals surface area contributed by atoms with E-state index >= 15 is 0 Å². The third-order valence-electron chi connectivity index (χ3n) is 5.11. The molecule has 0 aliphatic rings. The number of hydrogen-bond acceptors (Lipinski definition) is 8. The molecule has 0 saturated carbocycles. The van der Waals surface area contributed by atoms with Crippen molar-refractivity contribution >= 4 is 21.6 Å². The molecule has 0 saturated heterocycles. The van der Waals surface area contributed by atoms with E-state index in [1.165, 1.54) is 16.3 Å². The van der Waals surface area contributed by atoms with E-state index in [1.54, 1.807) is 50.6 Å². The second kappa shape index (κ2) is 11.0. The van der Waals surface area contributed by atoms with E-state index in [0.29, 0.717) is 29.6 Å². The van der Waals surface area contributed by atoms with Crippen LogP contribution in [0.5, 0.6) is 11.5 Å². The van der Waals surface area contributed by atoms with Crippen molar-refractivity contribution < 1.29 is 27.2 Å². The fraction of sp³-hybridized carbons (Fsp3) is 0.348. The Morgan fingerprint density at radius 3 is 2.41 bits per heavy atom. The molecule has 0 aliphatic carbocycles. The summed E-state index contributed by atoms with van der Waals surface area (Å²) in [6.07, 6.45) is 1.64. The summed E-state index contributed by atoms with van der Waals surface area (Å²) in [7, 11) is 1.21. The first-order chi connectivity index (χ1) is 16.2. The van der Waals surface area contributed by atoms with Crippen LogP contribution < -0.4 is 13.8 Å². The number of carbonyl (C=O) groups is 1. The van der Waals surface area contributed by atoms with Crippen molar-refractivity contribution in [1.29, 1.82) is 0 Å². The van der Waals surface area contributed by atoms with Crippen molar-refractivity contribution in [3.63, 3.8) is 0 Å². The molecule has 182 valence electrons. The topological polar surface area (TPSA) is 115 Å². The highest BCUT2D eigenvalue weighted by Crippen LogP contribution is 2.24. The molecular weight excluding hydrogens is 460 g/mol. The molecule has 3 aromatic rings. The summed E-state index contributed by atoms with van der Waals surface area (Å²) in [4.78, 5) is 18.4. The Hall–Kier alpha value is -3.60. The number of methoxy groups -OCH3 is 2. The Labute approximate surface area is 199 Å². The molecule has 2 aromatic carbocycles. The molecule has 0 bridgehead atoms. The number of sulfonamides is 1. The highest BCUT2D eigenvalue weighted by atomic mass is 32.2. The fourth-order valence-corrected chi connectivity index (χ4v) is 4.24. The van der Waals surface area contributed by atoms with Gasteiger partial charge in [-0.15, -0.1) is 0 Å².